The van der Waals surface area contributed by atoms with E-state index >= 15 is 0 Å². The molecule has 2 aromatic rings. The molecule has 0 aromatic heterocycles. The summed E-state index contributed by atoms with van der Waals surface area (Å²) in [5.74, 6) is -2.03. The first kappa shape index (κ1) is 56.3. The molecule has 0 spiro atoms. The topological polar surface area (TPSA) is 256 Å². The van der Waals surface area contributed by atoms with E-state index < -0.39 is 35.7 Å². The van der Waals surface area contributed by atoms with Gasteiger partial charge >= 0.3 is 18.2 Å². The molecule has 368 valence electrons. The van der Waals surface area contributed by atoms with E-state index in [0.717, 1.165) is 11.1 Å². The number of amides is 6. The molecule has 0 saturated heterocycles. The highest BCUT2D eigenvalue weighted by molar-refractivity contribution is 5.87. The highest BCUT2D eigenvalue weighted by atomic mass is 16.6. The van der Waals surface area contributed by atoms with Crippen LogP contribution in [0.2, 0.25) is 0 Å². The van der Waals surface area contributed by atoms with Crippen LogP contribution in [0.1, 0.15) is 76.8 Å². The van der Waals surface area contributed by atoms with Crippen LogP contribution in [0.15, 0.2) is 60.7 Å². The van der Waals surface area contributed by atoms with Crippen molar-refractivity contribution in [2.45, 2.75) is 90.6 Å². The number of carbonyl (C=O) groups excluding carboxylic acids is 7. The molecule has 0 aliphatic heterocycles. The Labute approximate surface area is 387 Å². The van der Waals surface area contributed by atoms with Crippen LogP contribution in [0.3, 0.4) is 0 Å². The van der Waals surface area contributed by atoms with E-state index in [0.29, 0.717) is 39.2 Å². The Hall–Kier alpha value is -5.83. The monoisotopic (exact) mass is 930 g/mol. The molecule has 0 saturated carbocycles. The SMILES string of the molecule is CC(C)(C)OC(=O)C(CCCCNC(=O)CCC(=O)NCCOCCOCCNC(=O)OCc1ccccc1)NC(=O)CCC(=O)NCCOCCOCCNC(=O)OCc1ccccc1. The van der Waals surface area contributed by atoms with Crippen molar-refractivity contribution in [3.8, 4) is 0 Å². The molecule has 0 bridgehead atoms. The molecule has 6 amide bonds. The summed E-state index contributed by atoms with van der Waals surface area (Å²) in [6, 6.07) is 17.7. The number of rotatable bonds is 35. The zero-order valence-corrected chi connectivity index (χ0v) is 38.6. The third-order valence-corrected chi connectivity index (χ3v) is 8.76. The minimum Gasteiger partial charge on any atom is -0.458 e. The van der Waals surface area contributed by atoms with Crippen molar-refractivity contribution in [1.29, 1.82) is 0 Å². The Kier molecular flexibility index (Phi) is 30.2. The van der Waals surface area contributed by atoms with Crippen molar-refractivity contribution in [2.24, 2.45) is 0 Å². The second kappa shape index (κ2) is 35.4. The zero-order valence-electron chi connectivity index (χ0n) is 38.6. The van der Waals surface area contributed by atoms with E-state index in [1.54, 1.807) is 20.8 Å². The van der Waals surface area contributed by atoms with Crippen LogP contribution >= 0.6 is 0 Å². The standard InChI is InChI=1S/C46H70N6O14/c1-46(2,3)66-43(57)38(52-42(56)20-19-41(55)49-23-27-61-31-33-63-29-25-51-45(59)65-35-37-14-8-5-9-15-37)16-10-11-21-47-39(53)17-18-40(54)48-22-26-60-30-32-62-28-24-50-44(58)64-34-36-12-6-4-7-13-36/h4-9,12-15,38H,10-11,16-35H2,1-3H3,(H,47,53)(H,48,54)(H,49,55)(H,50,58)(H,51,59)(H,52,56). The van der Waals surface area contributed by atoms with Gasteiger partial charge in [0.1, 0.15) is 24.9 Å². The highest BCUT2D eigenvalue weighted by Crippen LogP contribution is 2.12. The van der Waals surface area contributed by atoms with Crippen molar-refractivity contribution in [2.75, 3.05) is 85.6 Å². The van der Waals surface area contributed by atoms with Crippen LogP contribution in [-0.2, 0) is 70.3 Å². The Bertz CT molecular complexity index is 1700. The van der Waals surface area contributed by atoms with Gasteiger partial charge in [-0.2, -0.15) is 0 Å². The van der Waals surface area contributed by atoms with Crippen molar-refractivity contribution < 1.29 is 66.7 Å². The maximum atomic E-state index is 12.9. The van der Waals surface area contributed by atoms with Crippen LogP contribution in [0.4, 0.5) is 9.59 Å². The van der Waals surface area contributed by atoms with Gasteiger partial charge in [0.05, 0.1) is 52.9 Å². The fourth-order valence-electron chi connectivity index (χ4n) is 5.48. The first-order valence-electron chi connectivity index (χ1n) is 22.3. The molecule has 0 radical (unpaired) electrons. The second-order valence-electron chi connectivity index (χ2n) is 15.6. The number of benzene rings is 2. The van der Waals surface area contributed by atoms with Gasteiger partial charge in [-0.05, 0) is 51.2 Å². The summed E-state index contributed by atoms with van der Waals surface area (Å²) in [5.41, 5.74) is 0.999. The average Bonchev–Trinajstić information content (AvgIpc) is 3.29. The molecular formula is C46H70N6O14. The molecule has 1 unspecified atom stereocenters. The van der Waals surface area contributed by atoms with Crippen LogP contribution in [-0.4, -0.2) is 139 Å². The molecule has 1 atom stereocenters. The number of nitrogens with one attached hydrogen (secondary N) is 6. The summed E-state index contributed by atoms with van der Waals surface area (Å²) in [4.78, 5) is 85.9. The smallest absolute Gasteiger partial charge is 0.407 e. The van der Waals surface area contributed by atoms with Crippen molar-refractivity contribution in [1.82, 2.24) is 31.9 Å². The molecule has 20 heteroatoms. The van der Waals surface area contributed by atoms with E-state index in [-0.39, 0.29) is 122 Å². The van der Waals surface area contributed by atoms with Crippen LogP contribution in [0.5, 0.6) is 0 Å². The van der Waals surface area contributed by atoms with Crippen LogP contribution in [0, 0.1) is 0 Å². The maximum Gasteiger partial charge on any atom is 0.407 e. The highest BCUT2D eigenvalue weighted by Gasteiger charge is 2.26. The molecule has 20 nitrogen and oxygen atoms in total. The Balaban J connectivity index is 1.46. The number of hydrogen-bond acceptors (Lipinski definition) is 14. The van der Waals surface area contributed by atoms with E-state index in [2.05, 4.69) is 31.9 Å². The largest absolute Gasteiger partial charge is 0.458 e. The summed E-state index contributed by atoms with van der Waals surface area (Å²) in [6.07, 6.45) is -0.0714. The van der Waals surface area contributed by atoms with E-state index in [1.165, 1.54) is 0 Å². The number of alkyl carbamates (subject to hydrolysis) is 2. The van der Waals surface area contributed by atoms with Gasteiger partial charge in [0.2, 0.25) is 23.6 Å². The van der Waals surface area contributed by atoms with E-state index in [4.69, 9.17) is 33.2 Å². The van der Waals surface area contributed by atoms with Gasteiger partial charge < -0.3 is 65.1 Å². The van der Waals surface area contributed by atoms with Crippen LogP contribution < -0.4 is 31.9 Å². The molecule has 0 fully saturated rings. The van der Waals surface area contributed by atoms with Gasteiger partial charge in [0.25, 0.3) is 0 Å². The third-order valence-electron chi connectivity index (χ3n) is 8.76. The Morgan fingerprint density at radius 3 is 1.26 bits per heavy atom. The van der Waals surface area contributed by atoms with Gasteiger partial charge in [-0.15, -0.1) is 0 Å². The Morgan fingerprint density at radius 1 is 0.470 bits per heavy atom. The molecular weight excluding hydrogens is 861 g/mol. The fraction of sp³-hybridized carbons (Fsp3) is 0.587. The number of ether oxygens (including phenoxy) is 7. The summed E-state index contributed by atoms with van der Waals surface area (Å²) in [5, 5.41) is 16.0. The van der Waals surface area contributed by atoms with Crippen molar-refractivity contribution >= 4 is 41.8 Å². The van der Waals surface area contributed by atoms with Crippen LogP contribution in [0.25, 0.3) is 0 Å². The molecule has 2 rings (SSSR count). The zero-order chi connectivity index (χ0) is 48.1. The van der Waals surface area contributed by atoms with E-state index in [1.807, 2.05) is 60.7 Å². The number of unbranched alkanes of at least 4 members (excludes halogenated alkanes) is 1. The normalized spacial score (nSPS) is 11.4. The van der Waals surface area contributed by atoms with Gasteiger partial charge in [-0.1, -0.05) is 60.7 Å². The summed E-state index contributed by atoms with van der Waals surface area (Å²) < 4.78 is 37.4. The lowest BCUT2D eigenvalue weighted by Crippen LogP contribution is -2.44. The lowest BCUT2D eigenvalue weighted by molar-refractivity contribution is -0.159. The van der Waals surface area contributed by atoms with Gasteiger partial charge in [-0.25, -0.2) is 14.4 Å². The molecule has 0 aliphatic rings. The molecule has 66 heavy (non-hydrogen) atoms. The summed E-state index contributed by atoms with van der Waals surface area (Å²) >= 11 is 0. The quantitative estimate of drug-likeness (QED) is 0.0330. The molecule has 2 aromatic carbocycles. The summed E-state index contributed by atoms with van der Waals surface area (Å²) in [7, 11) is 0. The predicted octanol–water partition coefficient (Wildman–Crippen LogP) is 2.81. The minimum atomic E-state index is -0.944. The third kappa shape index (κ3) is 31.9. The van der Waals surface area contributed by atoms with Gasteiger partial charge in [0.15, 0.2) is 0 Å². The van der Waals surface area contributed by atoms with Gasteiger partial charge in [-0.3, -0.25) is 19.2 Å². The first-order chi connectivity index (χ1) is 31.8. The second-order valence-corrected chi connectivity index (χ2v) is 15.6. The fourth-order valence-corrected chi connectivity index (χ4v) is 5.48. The van der Waals surface area contributed by atoms with Gasteiger partial charge in [0, 0.05) is 58.4 Å². The first-order valence-corrected chi connectivity index (χ1v) is 22.3. The number of esters is 1. The van der Waals surface area contributed by atoms with Crippen molar-refractivity contribution in [3.63, 3.8) is 0 Å². The number of hydrogen-bond donors (Lipinski definition) is 6. The lowest BCUT2D eigenvalue weighted by Gasteiger charge is -2.24. The van der Waals surface area contributed by atoms with E-state index in [9.17, 15) is 33.6 Å². The average molecular weight is 931 g/mol. The maximum absolute atomic E-state index is 12.9. The number of carbonyl (C=O) groups is 7. The van der Waals surface area contributed by atoms with Crippen molar-refractivity contribution in [3.05, 3.63) is 71.8 Å². The lowest BCUT2D eigenvalue weighted by atomic mass is 10.1. The predicted molar refractivity (Wildman–Crippen MR) is 242 cm³/mol. The molecule has 6 N–H and O–H groups in total. The molecule has 0 aliphatic carbocycles. The summed E-state index contributed by atoms with van der Waals surface area (Å²) in [6.45, 7) is 9.14. The Morgan fingerprint density at radius 2 is 0.848 bits per heavy atom. The minimum absolute atomic E-state index is 0.00144. The molecule has 0 heterocycles.